The first-order valence-electron chi connectivity index (χ1n) is 7.72. The molecule has 2 rings (SSSR count). The normalized spacial score (nSPS) is 10.4. The highest BCUT2D eigenvalue weighted by atomic mass is 35.5. The van der Waals surface area contributed by atoms with Gasteiger partial charge in [-0.3, -0.25) is 14.9 Å². The molecule has 0 spiro atoms. The number of halogens is 1. The van der Waals surface area contributed by atoms with Crippen LogP contribution in [0, 0.1) is 17.0 Å². The third-order valence-electron chi connectivity index (χ3n) is 3.30. The lowest BCUT2D eigenvalue weighted by molar-refractivity contribution is -0.384. The zero-order valence-electron chi connectivity index (χ0n) is 14.2. The highest BCUT2D eigenvalue weighted by Crippen LogP contribution is 2.26. The van der Waals surface area contributed by atoms with Crippen LogP contribution in [0.1, 0.15) is 11.1 Å². The summed E-state index contributed by atoms with van der Waals surface area (Å²) < 4.78 is 0. The van der Waals surface area contributed by atoms with E-state index in [2.05, 4.69) is 21.2 Å². The van der Waals surface area contributed by atoms with Crippen molar-refractivity contribution < 1.29 is 14.5 Å². The van der Waals surface area contributed by atoms with Gasteiger partial charge in [0.25, 0.3) is 11.6 Å². The summed E-state index contributed by atoms with van der Waals surface area (Å²) in [6, 6.07) is 10.5. The van der Waals surface area contributed by atoms with Crippen LogP contribution in [0.4, 0.5) is 16.2 Å². The topological polar surface area (TPSA) is 126 Å². The molecule has 2 aromatic carbocycles. The first-order chi connectivity index (χ1) is 12.8. The monoisotopic (exact) mass is 389 g/mol. The summed E-state index contributed by atoms with van der Waals surface area (Å²) in [4.78, 5) is 33.5. The number of carbonyl (C=O) groups is 2. The Bertz CT molecular complexity index is 883. The fraction of sp³-hybridized carbons (Fsp3) is 0.118. The number of hydrazone groups is 1. The van der Waals surface area contributed by atoms with Gasteiger partial charge in [0.2, 0.25) is 0 Å². The second-order valence-electron chi connectivity index (χ2n) is 5.43. The molecule has 0 bridgehead atoms. The number of carbonyl (C=O) groups excluding carboxylic acids is 2. The van der Waals surface area contributed by atoms with Crippen LogP contribution in [0.3, 0.4) is 0 Å². The van der Waals surface area contributed by atoms with Gasteiger partial charge < -0.3 is 10.6 Å². The zero-order valence-corrected chi connectivity index (χ0v) is 15.0. The van der Waals surface area contributed by atoms with E-state index in [1.54, 1.807) is 0 Å². The van der Waals surface area contributed by atoms with Crippen LogP contribution in [0.5, 0.6) is 0 Å². The van der Waals surface area contributed by atoms with Gasteiger partial charge in [0, 0.05) is 12.1 Å². The van der Waals surface area contributed by atoms with Gasteiger partial charge in [-0.15, -0.1) is 0 Å². The SMILES string of the molecule is Cc1ccc(/C=N/NC(=O)CNC(=O)Nc2ccc([N+](=O)[O-])cc2Cl)cc1. The van der Waals surface area contributed by atoms with Crippen LogP contribution in [0.2, 0.25) is 5.02 Å². The molecule has 0 radical (unpaired) electrons. The van der Waals surface area contributed by atoms with Crippen LogP contribution in [-0.2, 0) is 4.79 Å². The second kappa shape index (κ2) is 9.30. The molecular weight excluding hydrogens is 374 g/mol. The van der Waals surface area contributed by atoms with Gasteiger partial charge in [0.05, 0.1) is 21.8 Å². The van der Waals surface area contributed by atoms with E-state index in [9.17, 15) is 19.7 Å². The molecule has 0 atom stereocenters. The molecule has 0 aromatic heterocycles. The first-order valence-corrected chi connectivity index (χ1v) is 8.10. The average Bonchev–Trinajstić information content (AvgIpc) is 2.63. The Kier molecular flexibility index (Phi) is 6.84. The van der Waals surface area contributed by atoms with E-state index in [0.29, 0.717) is 0 Å². The molecule has 0 unspecified atom stereocenters. The third-order valence-corrected chi connectivity index (χ3v) is 3.61. The summed E-state index contributed by atoms with van der Waals surface area (Å²) in [5.74, 6) is -0.525. The predicted octanol–water partition coefficient (Wildman–Crippen LogP) is 2.83. The van der Waals surface area contributed by atoms with Crippen molar-refractivity contribution in [2.24, 2.45) is 5.10 Å². The van der Waals surface area contributed by atoms with Crippen LogP contribution in [0.15, 0.2) is 47.6 Å². The number of hydrogen-bond acceptors (Lipinski definition) is 5. The Balaban J connectivity index is 1.78. The predicted molar refractivity (Wildman–Crippen MR) is 102 cm³/mol. The van der Waals surface area contributed by atoms with Gasteiger partial charge >= 0.3 is 6.03 Å². The quantitative estimate of drug-likeness (QED) is 0.399. The average molecular weight is 390 g/mol. The minimum absolute atomic E-state index is 0.00602. The van der Waals surface area contributed by atoms with Crippen LogP contribution < -0.4 is 16.1 Å². The number of urea groups is 1. The van der Waals surface area contributed by atoms with Crippen molar-refractivity contribution >= 4 is 41.1 Å². The molecule has 0 saturated heterocycles. The van der Waals surface area contributed by atoms with E-state index < -0.39 is 16.9 Å². The van der Waals surface area contributed by atoms with Gasteiger partial charge in [-0.25, -0.2) is 10.2 Å². The number of nitrogens with zero attached hydrogens (tertiary/aromatic N) is 2. The molecule has 140 valence electrons. The van der Waals surface area contributed by atoms with Gasteiger partial charge in [0.1, 0.15) is 6.54 Å². The van der Waals surface area contributed by atoms with Crippen molar-refractivity contribution in [3.05, 3.63) is 68.7 Å². The van der Waals surface area contributed by atoms with E-state index in [1.807, 2.05) is 31.2 Å². The highest BCUT2D eigenvalue weighted by Gasteiger charge is 2.12. The molecule has 0 saturated carbocycles. The Morgan fingerprint density at radius 3 is 2.56 bits per heavy atom. The lowest BCUT2D eigenvalue weighted by Crippen LogP contribution is -2.37. The molecule has 0 aliphatic heterocycles. The largest absolute Gasteiger partial charge is 0.329 e. The van der Waals surface area contributed by atoms with E-state index >= 15 is 0 Å². The molecule has 3 amide bonds. The summed E-state index contributed by atoms with van der Waals surface area (Å²) in [7, 11) is 0. The van der Waals surface area contributed by atoms with E-state index in [4.69, 9.17) is 11.6 Å². The number of non-ortho nitro benzene ring substituents is 1. The number of hydrogen-bond donors (Lipinski definition) is 3. The lowest BCUT2D eigenvalue weighted by atomic mass is 10.2. The standard InChI is InChI=1S/C17H16ClN5O4/c1-11-2-4-12(5-3-11)9-20-22-16(24)10-19-17(25)21-15-7-6-13(23(26)27)8-14(15)18/h2-9H,10H2,1H3,(H,22,24)(H2,19,21,25)/b20-9+. The number of amides is 3. The molecular formula is C17H16ClN5O4. The molecule has 0 fully saturated rings. The number of aryl methyl sites for hydroxylation is 1. The fourth-order valence-corrected chi connectivity index (χ4v) is 2.14. The van der Waals surface area contributed by atoms with E-state index in [0.717, 1.165) is 17.2 Å². The fourth-order valence-electron chi connectivity index (χ4n) is 1.92. The summed E-state index contributed by atoms with van der Waals surface area (Å²) in [6.07, 6.45) is 1.48. The van der Waals surface area contributed by atoms with Crippen LogP contribution in [-0.4, -0.2) is 29.6 Å². The number of nitro benzene ring substituents is 1. The smallest absolute Gasteiger partial charge is 0.319 e. The van der Waals surface area contributed by atoms with Crippen molar-refractivity contribution in [1.82, 2.24) is 10.7 Å². The maximum Gasteiger partial charge on any atom is 0.319 e. The Hall–Kier alpha value is -3.46. The molecule has 0 aliphatic rings. The van der Waals surface area contributed by atoms with Crippen LogP contribution in [0.25, 0.3) is 0 Å². The minimum atomic E-state index is -0.691. The van der Waals surface area contributed by atoms with Gasteiger partial charge in [-0.05, 0) is 18.6 Å². The Morgan fingerprint density at radius 2 is 1.93 bits per heavy atom. The number of nitrogens with one attached hydrogen (secondary N) is 3. The molecule has 9 nitrogen and oxygen atoms in total. The van der Waals surface area contributed by atoms with Gasteiger partial charge in [-0.1, -0.05) is 41.4 Å². The summed E-state index contributed by atoms with van der Waals surface area (Å²) >= 11 is 5.87. The number of benzene rings is 2. The number of anilines is 1. The van der Waals surface area contributed by atoms with E-state index in [1.165, 1.54) is 18.3 Å². The van der Waals surface area contributed by atoms with Crippen molar-refractivity contribution in [2.45, 2.75) is 6.92 Å². The first kappa shape index (κ1) is 19.9. The van der Waals surface area contributed by atoms with Crippen molar-refractivity contribution in [1.29, 1.82) is 0 Å². The third kappa shape index (κ3) is 6.40. The molecule has 10 heteroatoms. The molecule has 3 N–H and O–H groups in total. The Morgan fingerprint density at radius 1 is 1.22 bits per heavy atom. The molecule has 0 aliphatic carbocycles. The van der Waals surface area contributed by atoms with E-state index in [-0.39, 0.29) is 22.9 Å². The highest BCUT2D eigenvalue weighted by molar-refractivity contribution is 6.33. The lowest BCUT2D eigenvalue weighted by Gasteiger charge is -2.08. The maximum atomic E-state index is 11.8. The van der Waals surface area contributed by atoms with Crippen molar-refractivity contribution in [3.8, 4) is 0 Å². The van der Waals surface area contributed by atoms with Gasteiger partial charge in [-0.2, -0.15) is 5.10 Å². The van der Waals surface area contributed by atoms with Crippen LogP contribution >= 0.6 is 11.6 Å². The van der Waals surface area contributed by atoms with Gasteiger partial charge in [0.15, 0.2) is 0 Å². The maximum absolute atomic E-state index is 11.8. The zero-order chi connectivity index (χ0) is 19.8. The summed E-state index contributed by atoms with van der Waals surface area (Å²) in [6.45, 7) is 1.64. The minimum Gasteiger partial charge on any atom is -0.329 e. The number of nitro groups is 1. The molecule has 0 heterocycles. The van der Waals surface area contributed by atoms with Crippen molar-refractivity contribution in [3.63, 3.8) is 0 Å². The Labute approximate surface area is 159 Å². The molecule has 2 aromatic rings. The van der Waals surface area contributed by atoms with Crippen molar-refractivity contribution in [2.75, 3.05) is 11.9 Å². The summed E-state index contributed by atoms with van der Waals surface area (Å²) in [5, 5.41) is 19.2. The second-order valence-corrected chi connectivity index (χ2v) is 5.84. The summed E-state index contributed by atoms with van der Waals surface area (Å²) in [5.41, 5.74) is 4.19. The number of rotatable bonds is 6. The molecule has 27 heavy (non-hydrogen) atoms.